The Labute approximate surface area is 157 Å². The number of carbonyl (C=O) groups excluding carboxylic acids is 1. The number of rotatable bonds is 4. The predicted octanol–water partition coefficient (Wildman–Crippen LogP) is 3.26. The van der Waals surface area contributed by atoms with Crippen LogP contribution < -0.4 is 15.4 Å². The number of furan rings is 1. The van der Waals surface area contributed by atoms with Crippen LogP contribution in [0.15, 0.2) is 52.9 Å². The van der Waals surface area contributed by atoms with Gasteiger partial charge in [-0.1, -0.05) is 12.1 Å². The van der Waals surface area contributed by atoms with Crippen molar-refractivity contribution in [2.45, 2.75) is 18.4 Å². The van der Waals surface area contributed by atoms with Gasteiger partial charge in [-0.3, -0.25) is 4.79 Å². The van der Waals surface area contributed by atoms with Gasteiger partial charge in [0.15, 0.2) is 5.76 Å². The average molecular weight is 366 g/mol. The van der Waals surface area contributed by atoms with Gasteiger partial charge < -0.3 is 24.9 Å². The van der Waals surface area contributed by atoms with Crippen LogP contribution in [0.5, 0.6) is 5.75 Å². The van der Waals surface area contributed by atoms with Gasteiger partial charge >= 0.3 is 0 Å². The zero-order valence-electron chi connectivity index (χ0n) is 15.1. The SMILES string of the molecule is COc1cccc(NC(=O)c2cc3cc(C4(O)CCNCC4)ccc3o2)c1. The number of anilines is 1. The van der Waals surface area contributed by atoms with Crippen LogP contribution in [0.1, 0.15) is 29.0 Å². The van der Waals surface area contributed by atoms with E-state index < -0.39 is 5.60 Å². The molecular formula is C21H22N2O4. The number of piperidine rings is 1. The molecule has 140 valence electrons. The third-order valence-electron chi connectivity index (χ3n) is 5.04. The molecule has 1 fully saturated rings. The second-order valence-electron chi connectivity index (χ2n) is 6.83. The van der Waals surface area contributed by atoms with Crippen LogP contribution in [-0.2, 0) is 5.60 Å². The van der Waals surface area contributed by atoms with Gasteiger partial charge in [-0.15, -0.1) is 0 Å². The van der Waals surface area contributed by atoms with Crippen molar-refractivity contribution < 1.29 is 19.1 Å². The molecule has 2 aromatic carbocycles. The number of carbonyl (C=O) groups is 1. The smallest absolute Gasteiger partial charge is 0.291 e. The topological polar surface area (TPSA) is 83.7 Å². The molecule has 0 spiro atoms. The Kier molecular flexibility index (Phi) is 4.59. The summed E-state index contributed by atoms with van der Waals surface area (Å²) < 4.78 is 10.9. The molecule has 27 heavy (non-hydrogen) atoms. The molecule has 6 nitrogen and oxygen atoms in total. The fourth-order valence-corrected chi connectivity index (χ4v) is 3.47. The molecule has 1 aliphatic heterocycles. The maximum Gasteiger partial charge on any atom is 0.291 e. The number of amides is 1. The van der Waals surface area contributed by atoms with Crippen molar-refractivity contribution in [1.29, 1.82) is 0 Å². The van der Waals surface area contributed by atoms with E-state index in [9.17, 15) is 9.90 Å². The van der Waals surface area contributed by atoms with Crippen molar-refractivity contribution in [3.63, 3.8) is 0 Å². The second kappa shape index (κ2) is 7.06. The summed E-state index contributed by atoms with van der Waals surface area (Å²) in [5, 5.41) is 17.8. The number of aliphatic hydroxyl groups is 1. The molecule has 1 amide bonds. The first-order valence-electron chi connectivity index (χ1n) is 9.00. The lowest BCUT2D eigenvalue weighted by Crippen LogP contribution is -2.39. The molecular weight excluding hydrogens is 344 g/mol. The van der Waals surface area contributed by atoms with Crippen LogP contribution in [0.3, 0.4) is 0 Å². The first kappa shape index (κ1) is 17.6. The minimum Gasteiger partial charge on any atom is -0.497 e. The summed E-state index contributed by atoms with van der Waals surface area (Å²) in [7, 11) is 1.58. The van der Waals surface area contributed by atoms with E-state index in [0.29, 0.717) is 29.9 Å². The van der Waals surface area contributed by atoms with Gasteiger partial charge in [0.05, 0.1) is 12.7 Å². The molecule has 3 aromatic rings. The number of methoxy groups -OCH3 is 1. The van der Waals surface area contributed by atoms with Gasteiger partial charge in [-0.2, -0.15) is 0 Å². The van der Waals surface area contributed by atoms with Gasteiger partial charge in [0.25, 0.3) is 5.91 Å². The number of benzene rings is 2. The van der Waals surface area contributed by atoms with Crippen molar-refractivity contribution in [2.24, 2.45) is 0 Å². The predicted molar refractivity (Wildman–Crippen MR) is 103 cm³/mol. The fraction of sp³-hybridized carbons (Fsp3) is 0.286. The van der Waals surface area contributed by atoms with E-state index in [1.54, 1.807) is 31.4 Å². The third kappa shape index (κ3) is 3.54. The third-order valence-corrected chi connectivity index (χ3v) is 5.04. The highest BCUT2D eigenvalue weighted by Crippen LogP contribution is 2.33. The Bertz CT molecular complexity index is 973. The Morgan fingerprint density at radius 1 is 1.19 bits per heavy atom. The molecule has 2 heterocycles. The zero-order chi connectivity index (χ0) is 18.9. The van der Waals surface area contributed by atoms with E-state index >= 15 is 0 Å². The second-order valence-corrected chi connectivity index (χ2v) is 6.83. The summed E-state index contributed by atoms with van der Waals surface area (Å²) in [5.41, 5.74) is 1.27. The number of ether oxygens (including phenoxy) is 1. The summed E-state index contributed by atoms with van der Waals surface area (Å²) in [6.07, 6.45) is 1.33. The Balaban J connectivity index is 1.58. The van der Waals surface area contributed by atoms with Gasteiger partial charge in [-0.05, 0) is 61.8 Å². The molecule has 1 aliphatic rings. The summed E-state index contributed by atoms with van der Waals surface area (Å²) in [6, 6.07) is 14.4. The minimum atomic E-state index is -0.834. The van der Waals surface area contributed by atoms with E-state index in [4.69, 9.17) is 9.15 Å². The van der Waals surface area contributed by atoms with E-state index in [-0.39, 0.29) is 11.7 Å². The molecule has 0 atom stereocenters. The van der Waals surface area contributed by atoms with Crippen LogP contribution >= 0.6 is 0 Å². The zero-order valence-corrected chi connectivity index (χ0v) is 15.1. The molecule has 4 rings (SSSR count). The highest BCUT2D eigenvalue weighted by atomic mass is 16.5. The molecule has 0 aliphatic carbocycles. The van der Waals surface area contributed by atoms with Gasteiger partial charge in [0, 0.05) is 17.1 Å². The minimum absolute atomic E-state index is 0.224. The lowest BCUT2D eigenvalue weighted by Gasteiger charge is -2.33. The molecule has 1 aromatic heterocycles. The maximum atomic E-state index is 12.5. The Morgan fingerprint density at radius 3 is 2.78 bits per heavy atom. The van der Waals surface area contributed by atoms with Crippen molar-refractivity contribution in [1.82, 2.24) is 5.32 Å². The molecule has 1 saturated heterocycles. The first-order chi connectivity index (χ1) is 13.1. The highest BCUT2D eigenvalue weighted by molar-refractivity contribution is 6.04. The van der Waals surface area contributed by atoms with Gasteiger partial charge in [-0.25, -0.2) is 0 Å². The lowest BCUT2D eigenvalue weighted by molar-refractivity contribution is 0.00605. The van der Waals surface area contributed by atoms with Crippen LogP contribution in [0.2, 0.25) is 0 Å². The van der Waals surface area contributed by atoms with Crippen molar-refractivity contribution in [3.05, 3.63) is 59.9 Å². The monoisotopic (exact) mass is 366 g/mol. The lowest BCUT2D eigenvalue weighted by atomic mass is 9.85. The molecule has 3 N–H and O–H groups in total. The van der Waals surface area contributed by atoms with E-state index in [0.717, 1.165) is 24.0 Å². The van der Waals surface area contributed by atoms with E-state index in [1.807, 2.05) is 24.3 Å². The molecule has 6 heteroatoms. The van der Waals surface area contributed by atoms with Crippen LogP contribution in [-0.4, -0.2) is 31.2 Å². The molecule has 0 bridgehead atoms. The molecule has 0 unspecified atom stereocenters. The standard InChI is InChI=1S/C21H22N2O4/c1-26-17-4-2-3-16(13-17)23-20(24)19-12-14-11-15(5-6-18(14)27-19)21(25)7-9-22-10-8-21/h2-6,11-13,22,25H,7-10H2,1H3,(H,23,24). The number of hydrogen-bond donors (Lipinski definition) is 3. The number of hydrogen-bond acceptors (Lipinski definition) is 5. The fourth-order valence-electron chi connectivity index (χ4n) is 3.47. The summed E-state index contributed by atoms with van der Waals surface area (Å²) in [4.78, 5) is 12.5. The van der Waals surface area contributed by atoms with Gasteiger partial charge in [0.2, 0.25) is 0 Å². The first-order valence-corrected chi connectivity index (χ1v) is 9.00. The van der Waals surface area contributed by atoms with Crippen LogP contribution in [0, 0.1) is 0 Å². The largest absolute Gasteiger partial charge is 0.497 e. The normalized spacial score (nSPS) is 16.2. The van der Waals surface area contributed by atoms with Crippen molar-refractivity contribution >= 4 is 22.6 Å². The van der Waals surface area contributed by atoms with Crippen molar-refractivity contribution in [2.75, 3.05) is 25.5 Å². The van der Waals surface area contributed by atoms with Crippen molar-refractivity contribution in [3.8, 4) is 5.75 Å². The number of fused-ring (bicyclic) bond motifs is 1. The summed E-state index contributed by atoms with van der Waals surface area (Å²) in [6.45, 7) is 1.57. The Hall–Kier alpha value is -2.83. The maximum absolute atomic E-state index is 12.5. The summed E-state index contributed by atoms with van der Waals surface area (Å²) in [5.74, 6) is 0.557. The molecule has 0 saturated carbocycles. The van der Waals surface area contributed by atoms with Crippen LogP contribution in [0.4, 0.5) is 5.69 Å². The summed E-state index contributed by atoms with van der Waals surface area (Å²) >= 11 is 0. The number of nitrogens with one attached hydrogen (secondary N) is 2. The average Bonchev–Trinajstić information content (AvgIpc) is 3.12. The van der Waals surface area contributed by atoms with Gasteiger partial charge in [0.1, 0.15) is 11.3 Å². The highest BCUT2D eigenvalue weighted by Gasteiger charge is 2.31. The van der Waals surface area contributed by atoms with E-state index in [2.05, 4.69) is 10.6 Å². The Morgan fingerprint density at radius 2 is 2.00 bits per heavy atom. The van der Waals surface area contributed by atoms with E-state index in [1.165, 1.54) is 0 Å². The quantitative estimate of drug-likeness (QED) is 0.660. The van der Waals surface area contributed by atoms with Crippen LogP contribution in [0.25, 0.3) is 11.0 Å². The molecule has 0 radical (unpaired) electrons.